The molecule has 5 heteroatoms. The van der Waals surface area contributed by atoms with Crippen molar-refractivity contribution in [2.24, 2.45) is 5.73 Å². The summed E-state index contributed by atoms with van der Waals surface area (Å²) in [6.45, 7) is 1.71. The minimum Gasteiger partial charge on any atom is -0.480 e. The van der Waals surface area contributed by atoms with Gasteiger partial charge in [-0.3, -0.25) is 4.90 Å². The van der Waals surface area contributed by atoms with Crippen LogP contribution < -0.4 is 5.73 Å². The molecule has 0 aliphatic carbocycles. The predicted molar refractivity (Wildman–Crippen MR) is 70.3 cm³/mol. The van der Waals surface area contributed by atoms with Crippen LogP contribution in [-0.4, -0.2) is 36.1 Å². The number of carbonyl (C=O) groups is 1. The first-order chi connectivity index (χ1) is 7.44. The van der Waals surface area contributed by atoms with E-state index in [0.29, 0.717) is 5.56 Å². The van der Waals surface area contributed by atoms with E-state index >= 15 is 0 Å². The summed E-state index contributed by atoms with van der Waals surface area (Å²) in [6, 6.07) is 8.56. The van der Waals surface area contributed by atoms with Gasteiger partial charge in [0.25, 0.3) is 0 Å². The van der Waals surface area contributed by atoms with E-state index in [1.54, 1.807) is 38.1 Å². The van der Waals surface area contributed by atoms with Crippen LogP contribution in [-0.2, 0) is 10.3 Å². The van der Waals surface area contributed by atoms with Gasteiger partial charge in [-0.15, -0.1) is 12.4 Å². The highest BCUT2D eigenvalue weighted by Gasteiger charge is 2.46. The normalized spacial score (nSPS) is 15.8. The second-order valence-corrected chi connectivity index (χ2v) is 4.12. The van der Waals surface area contributed by atoms with E-state index < -0.39 is 17.6 Å². The number of hydrogen-bond donors (Lipinski definition) is 2. The number of aliphatic carboxylic acids is 1. The van der Waals surface area contributed by atoms with E-state index in [9.17, 15) is 9.90 Å². The summed E-state index contributed by atoms with van der Waals surface area (Å²) in [7, 11) is 3.45. The average Bonchev–Trinajstić information content (AvgIpc) is 2.18. The third kappa shape index (κ3) is 2.60. The van der Waals surface area contributed by atoms with Crippen LogP contribution in [0.2, 0.25) is 0 Å². The molecule has 0 radical (unpaired) electrons. The molecule has 0 heterocycles. The van der Waals surface area contributed by atoms with Gasteiger partial charge in [0, 0.05) is 6.04 Å². The largest absolute Gasteiger partial charge is 0.480 e. The van der Waals surface area contributed by atoms with Gasteiger partial charge in [0.2, 0.25) is 0 Å². The Bertz CT molecular complexity index is 358. The molecule has 4 nitrogen and oxygen atoms in total. The number of nitrogens with two attached hydrogens (primary N) is 1. The van der Waals surface area contributed by atoms with Gasteiger partial charge >= 0.3 is 5.97 Å². The standard InChI is InChI=1S/C12H18N2O2.ClH/c1-9(13)12(11(15)16,14(2)3)10-7-5-4-6-8-10;/h4-9H,13H2,1-3H3,(H,15,16);1H. The lowest BCUT2D eigenvalue weighted by Gasteiger charge is -2.39. The summed E-state index contributed by atoms with van der Waals surface area (Å²) in [5, 5.41) is 9.50. The van der Waals surface area contributed by atoms with E-state index in [1.807, 2.05) is 18.2 Å². The van der Waals surface area contributed by atoms with Crippen LogP contribution in [0.3, 0.4) is 0 Å². The van der Waals surface area contributed by atoms with Crippen molar-refractivity contribution in [2.75, 3.05) is 14.1 Å². The fourth-order valence-electron chi connectivity index (χ4n) is 2.13. The molecule has 0 aliphatic heterocycles. The molecule has 0 aromatic heterocycles. The van der Waals surface area contributed by atoms with E-state index in [1.165, 1.54) is 0 Å². The number of hydrogen-bond acceptors (Lipinski definition) is 3. The zero-order chi connectivity index (χ0) is 12.3. The molecular formula is C12H19ClN2O2. The van der Waals surface area contributed by atoms with Crippen molar-refractivity contribution in [3.8, 4) is 0 Å². The molecule has 0 saturated carbocycles. The highest BCUT2D eigenvalue weighted by Crippen LogP contribution is 2.29. The van der Waals surface area contributed by atoms with Crippen molar-refractivity contribution >= 4 is 18.4 Å². The zero-order valence-electron chi connectivity index (χ0n) is 10.3. The second kappa shape index (κ2) is 6.00. The molecule has 0 spiro atoms. The third-order valence-corrected chi connectivity index (χ3v) is 2.90. The number of benzene rings is 1. The average molecular weight is 259 g/mol. The summed E-state index contributed by atoms with van der Waals surface area (Å²) in [5.74, 6) is -0.932. The maximum Gasteiger partial charge on any atom is 0.330 e. The number of carboxylic acid groups (broad SMARTS) is 1. The van der Waals surface area contributed by atoms with Gasteiger partial charge in [-0.2, -0.15) is 0 Å². The quantitative estimate of drug-likeness (QED) is 0.854. The number of carboxylic acids is 1. The molecule has 1 rings (SSSR count). The maximum absolute atomic E-state index is 11.6. The fraction of sp³-hybridized carbons (Fsp3) is 0.417. The fourth-order valence-corrected chi connectivity index (χ4v) is 2.13. The molecule has 96 valence electrons. The number of halogens is 1. The Hall–Kier alpha value is -1.10. The molecule has 1 aromatic carbocycles. The van der Waals surface area contributed by atoms with Gasteiger partial charge in [-0.1, -0.05) is 30.3 Å². The molecule has 0 saturated heterocycles. The third-order valence-electron chi connectivity index (χ3n) is 2.90. The molecule has 2 atom stereocenters. The van der Waals surface area contributed by atoms with E-state index in [-0.39, 0.29) is 12.4 Å². The molecule has 0 aliphatic rings. The molecule has 17 heavy (non-hydrogen) atoms. The highest BCUT2D eigenvalue weighted by atomic mass is 35.5. The Morgan fingerprint density at radius 1 is 1.35 bits per heavy atom. The number of likely N-dealkylation sites (N-methyl/N-ethyl adjacent to an activating group) is 1. The van der Waals surface area contributed by atoms with E-state index in [4.69, 9.17) is 5.73 Å². The smallest absolute Gasteiger partial charge is 0.330 e. The Labute approximate surface area is 108 Å². The second-order valence-electron chi connectivity index (χ2n) is 4.12. The van der Waals surface area contributed by atoms with Crippen LogP contribution in [0, 0.1) is 0 Å². The minimum absolute atomic E-state index is 0. The summed E-state index contributed by atoms with van der Waals surface area (Å²) in [6.07, 6.45) is 0. The van der Waals surface area contributed by atoms with Gasteiger partial charge in [-0.05, 0) is 26.6 Å². The van der Waals surface area contributed by atoms with Crippen molar-refractivity contribution in [3.05, 3.63) is 35.9 Å². The van der Waals surface area contributed by atoms with Crippen molar-refractivity contribution in [1.82, 2.24) is 4.90 Å². The Balaban J connectivity index is 0.00000256. The van der Waals surface area contributed by atoms with Gasteiger partial charge in [0.15, 0.2) is 5.54 Å². The van der Waals surface area contributed by atoms with E-state index in [0.717, 1.165) is 0 Å². The van der Waals surface area contributed by atoms with Crippen molar-refractivity contribution in [3.63, 3.8) is 0 Å². The first kappa shape index (κ1) is 15.9. The summed E-state index contributed by atoms with van der Waals surface area (Å²) in [4.78, 5) is 13.2. The molecular weight excluding hydrogens is 240 g/mol. The number of nitrogens with zero attached hydrogens (tertiary/aromatic N) is 1. The van der Waals surface area contributed by atoms with Crippen LogP contribution in [0.25, 0.3) is 0 Å². The Morgan fingerprint density at radius 2 is 1.82 bits per heavy atom. The SMILES string of the molecule is CC(N)C(C(=O)O)(c1ccccc1)N(C)C.Cl. The lowest BCUT2D eigenvalue weighted by Crippen LogP contribution is -2.58. The predicted octanol–water partition coefficient (Wildman–Crippen LogP) is 1.30. The zero-order valence-corrected chi connectivity index (χ0v) is 11.1. The first-order valence-corrected chi connectivity index (χ1v) is 5.16. The molecule has 0 fully saturated rings. The van der Waals surface area contributed by atoms with E-state index in [2.05, 4.69) is 0 Å². The Kier molecular flexibility index (Phi) is 5.61. The van der Waals surface area contributed by atoms with Gasteiger partial charge in [-0.25, -0.2) is 4.79 Å². The Morgan fingerprint density at radius 3 is 2.12 bits per heavy atom. The molecule has 1 aromatic rings. The lowest BCUT2D eigenvalue weighted by atomic mass is 9.82. The minimum atomic E-state index is -1.18. The van der Waals surface area contributed by atoms with Crippen LogP contribution >= 0.6 is 12.4 Å². The molecule has 0 bridgehead atoms. The summed E-state index contributed by atoms with van der Waals surface area (Å²) < 4.78 is 0. The van der Waals surface area contributed by atoms with Gasteiger partial charge < -0.3 is 10.8 Å². The van der Waals surface area contributed by atoms with Crippen LogP contribution in [0.15, 0.2) is 30.3 Å². The number of rotatable bonds is 4. The molecule has 3 N–H and O–H groups in total. The van der Waals surface area contributed by atoms with Crippen LogP contribution in [0.4, 0.5) is 0 Å². The summed E-state index contributed by atoms with van der Waals surface area (Å²) >= 11 is 0. The van der Waals surface area contributed by atoms with Crippen LogP contribution in [0.5, 0.6) is 0 Å². The highest BCUT2D eigenvalue weighted by molar-refractivity contribution is 5.85. The molecule has 2 unspecified atom stereocenters. The van der Waals surface area contributed by atoms with Gasteiger partial charge in [0.05, 0.1) is 0 Å². The molecule has 0 amide bonds. The van der Waals surface area contributed by atoms with Gasteiger partial charge in [0.1, 0.15) is 0 Å². The van der Waals surface area contributed by atoms with Crippen molar-refractivity contribution in [2.45, 2.75) is 18.5 Å². The van der Waals surface area contributed by atoms with Crippen LogP contribution in [0.1, 0.15) is 12.5 Å². The first-order valence-electron chi connectivity index (χ1n) is 5.16. The lowest BCUT2D eigenvalue weighted by molar-refractivity contribution is -0.152. The summed E-state index contributed by atoms with van der Waals surface area (Å²) in [5.41, 5.74) is 5.40. The van der Waals surface area contributed by atoms with Crippen molar-refractivity contribution < 1.29 is 9.90 Å². The maximum atomic E-state index is 11.6. The van der Waals surface area contributed by atoms with Crippen molar-refractivity contribution in [1.29, 1.82) is 0 Å². The topological polar surface area (TPSA) is 66.6 Å². The monoisotopic (exact) mass is 258 g/mol.